The van der Waals surface area contributed by atoms with Gasteiger partial charge in [0.15, 0.2) is 0 Å². The number of halogens is 1. The zero-order valence-electron chi connectivity index (χ0n) is 11.2. The van der Waals surface area contributed by atoms with Crippen LogP contribution in [0.2, 0.25) is 5.02 Å². The van der Waals surface area contributed by atoms with E-state index >= 15 is 0 Å². The third kappa shape index (κ3) is 4.17. The highest BCUT2D eigenvalue weighted by molar-refractivity contribution is 7.89. The first-order valence-electron chi connectivity index (χ1n) is 5.80. The van der Waals surface area contributed by atoms with Crippen LogP contribution in [0, 0.1) is 0 Å². The maximum absolute atomic E-state index is 11.7. The summed E-state index contributed by atoms with van der Waals surface area (Å²) in [6.45, 7) is -0.0731. The lowest BCUT2D eigenvalue weighted by Gasteiger charge is -2.13. The lowest BCUT2D eigenvalue weighted by Crippen LogP contribution is -2.29. The van der Waals surface area contributed by atoms with E-state index in [2.05, 4.69) is 10.4 Å². The van der Waals surface area contributed by atoms with Crippen LogP contribution >= 0.6 is 11.6 Å². The number of nitrogens with one attached hydrogen (secondary N) is 1. The molecule has 1 aromatic heterocycles. The molecule has 0 unspecified atom stereocenters. The Morgan fingerprint density at radius 1 is 1.50 bits per heavy atom. The monoisotopic (exact) mass is 324 g/mol. The predicted octanol–water partition coefficient (Wildman–Crippen LogP) is -0.808. The Bertz CT molecular complexity index is 614. The van der Waals surface area contributed by atoms with Gasteiger partial charge in [-0.05, 0) is 0 Å². The normalized spacial score (nSPS) is 11.8. The third-order valence-electron chi connectivity index (χ3n) is 2.53. The lowest BCUT2D eigenvalue weighted by molar-refractivity contribution is 0.266. The van der Waals surface area contributed by atoms with Crippen molar-refractivity contribution in [2.75, 3.05) is 38.3 Å². The van der Waals surface area contributed by atoms with Crippen LogP contribution in [0.15, 0.2) is 11.0 Å². The van der Waals surface area contributed by atoms with Gasteiger partial charge >= 0.3 is 0 Å². The molecule has 0 aliphatic carbocycles. The lowest BCUT2D eigenvalue weighted by atomic mass is 10.4. The van der Waals surface area contributed by atoms with Crippen LogP contribution in [0.4, 0.5) is 5.69 Å². The van der Waals surface area contributed by atoms with Crippen LogP contribution in [0.25, 0.3) is 0 Å². The van der Waals surface area contributed by atoms with Crippen molar-refractivity contribution in [3.63, 3.8) is 0 Å². The van der Waals surface area contributed by atoms with Gasteiger partial charge in [0, 0.05) is 20.6 Å². The second kappa shape index (κ2) is 7.02. The first kappa shape index (κ1) is 16.9. The van der Waals surface area contributed by atoms with Gasteiger partial charge in [0.25, 0.3) is 5.56 Å². The maximum atomic E-state index is 11.7. The summed E-state index contributed by atoms with van der Waals surface area (Å²) in [6, 6.07) is 0. The molecule has 8 nitrogen and oxygen atoms in total. The fraction of sp³-hybridized carbons (Fsp3) is 0.600. The van der Waals surface area contributed by atoms with Crippen molar-refractivity contribution >= 4 is 27.3 Å². The smallest absolute Gasteiger partial charge is 0.287 e. The Labute approximate surface area is 122 Å². The number of nitrogens with zero attached hydrogens (tertiary/aromatic N) is 3. The molecule has 1 heterocycles. The van der Waals surface area contributed by atoms with E-state index in [1.807, 2.05) is 0 Å². The van der Waals surface area contributed by atoms with Crippen molar-refractivity contribution in [3.05, 3.63) is 21.6 Å². The van der Waals surface area contributed by atoms with E-state index in [9.17, 15) is 13.2 Å². The van der Waals surface area contributed by atoms with Crippen LogP contribution in [0.1, 0.15) is 0 Å². The molecule has 2 N–H and O–H groups in total. The number of aliphatic hydroxyl groups is 1. The molecule has 114 valence electrons. The van der Waals surface area contributed by atoms with Gasteiger partial charge < -0.3 is 10.4 Å². The summed E-state index contributed by atoms with van der Waals surface area (Å²) >= 11 is 5.87. The van der Waals surface area contributed by atoms with Gasteiger partial charge in [0.2, 0.25) is 10.0 Å². The average Bonchev–Trinajstić information content (AvgIpc) is 2.37. The van der Waals surface area contributed by atoms with Gasteiger partial charge in [-0.15, -0.1) is 0 Å². The fourth-order valence-electron chi connectivity index (χ4n) is 1.34. The fourth-order valence-corrected chi connectivity index (χ4v) is 2.28. The highest BCUT2D eigenvalue weighted by Crippen LogP contribution is 2.14. The summed E-state index contributed by atoms with van der Waals surface area (Å²) in [5, 5.41) is 15.2. The Morgan fingerprint density at radius 2 is 2.15 bits per heavy atom. The van der Waals surface area contributed by atoms with Gasteiger partial charge in [-0.25, -0.2) is 17.4 Å². The molecule has 0 aromatic carbocycles. The summed E-state index contributed by atoms with van der Waals surface area (Å²) in [5.74, 6) is -0.129. The second-order valence-corrected chi connectivity index (χ2v) is 6.83. The van der Waals surface area contributed by atoms with Crippen LogP contribution in [0.3, 0.4) is 0 Å². The van der Waals surface area contributed by atoms with Crippen molar-refractivity contribution < 1.29 is 13.5 Å². The minimum Gasteiger partial charge on any atom is -0.394 e. The van der Waals surface area contributed by atoms with Crippen molar-refractivity contribution in [1.29, 1.82) is 0 Å². The quantitative estimate of drug-likeness (QED) is 0.680. The van der Waals surface area contributed by atoms with Crippen LogP contribution in [-0.2, 0) is 16.6 Å². The number of hydrogen-bond donors (Lipinski definition) is 2. The Hall–Kier alpha value is -1.16. The predicted molar refractivity (Wildman–Crippen MR) is 76.6 cm³/mol. The molecule has 0 atom stereocenters. The maximum Gasteiger partial charge on any atom is 0.287 e. The molecule has 20 heavy (non-hydrogen) atoms. The van der Waals surface area contributed by atoms with Crippen molar-refractivity contribution in [3.8, 4) is 0 Å². The molecule has 0 saturated carbocycles. The van der Waals surface area contributed by atoms with Crippen LogP contribution in [0.5, 0.6) is 0 Å². The molecule has 0 saturated heterocycles. The Morgan fingerprint density at radius 3 is 2.70 bits per heavy atom. The zero-order chi connectivity index (χ0) is 15.3. The largest absolute Gasteiger partial charge is 0.394 e. The summed E-state index contributed by atoms with van der Waals surface area (Å²) in [4.78, 5) is 11.7. The van der Waals surface area contributed by atoms with E-state index < -0.39 is 15.6 Å². The average molecular weight is 325 g/mol. The standard InChI is InChI=1S/C10H17ClN4O4S/c1-14(2)20(18,19)6-3-12-8-7-13-15(4-5-16)10(17)9(8)11/h7,12,16H,3-6H2,1-2H3. The second-order valence-electron chi connectivity index (χ2n) is 4.15. The molecule has 0 bridgehead atoms. The number of rotatable bonds is 7. The van der Waals surface area contributed by atoms with Crippen molar-refractivity contribution in [2.24, 2.45) is 0 Å². The molecule has 0 amide bonds. The third-order valence-corrected chi connectivity index (χ3v) is 4.73. The number of anilines is 1. The first-order valence-corrected chi connectivity index (χ1v) is 7.79. The Kier molecular flexibility index (Phi) is 5.93. The summed E-state index contributed by atoms with van der Waals surface area (Å²) in [7, 11) is -0.428. The van der Waals surface area contributed by atoms with E-state index in [-0.39, 0.29) is 36.2 Å². The molecular formula is C10H17ClN4O4S. The van der Waals surface area contributed by atoms with Crippen LogP contribution < -0.4 is 10.9 Å². The van der Waals surface area contributed by atoms with E-state index in [0.717, 1.165) is 8.99 Å². The Balaban J connectivity index is 2.76. The van der Waals surface area contributed by atoms with Crippen molar-refractivity contribution in [1.82, 2.24) is 14.1 Å². The molecule has 0 spiro atoms. The number of sulfonamides is 1. The molecule has 0 aliphatic rings. The first-order chi connectivity index (χ1) is 9.29. The summed E-state index contributed by atoms with van der Waals surface area (Å²) in [6.07, 6.45) is 1.32. The molecule has 0 radical (unpaired) electrons. The topological polar surface area (TPSA) is 105 Å². The van der Waals surface area contributed by atoms with E-state index in [1.165, 1.54) is 20.3 Å². The minimum absolute atomic E-state index is 0.0494. The van der Waals surface area contributed by atoms with Gasteiger partial charge in [-0.2, -0.15) is 5.10 Å². The molecule has 1 rings (SSSR count). The molecular weight excluding hydrogens is 308 g/mol. The minimum atomic E-state index is -3.32. The van der Waals surface area contributed by atoms with Crippen LogP contribution in [-0.4, -0.2) is 60.6 Å². The highest BCUT2D eigenvalue weighted by Gasteiger charge is 2.14. The molecule has 1 aromatic rings. The molecule has 0 fully saturated rings. The summed E-state index contributed by atoms with van der Waals surface area (Å²) < 4.78 is 25.3. The number of aromatic nitrogens is 2. The van der Waals surface area contributed by atoms with E-state index in [4.69, 9.17) is 16.7 Å². The van der Waals surface area contributed by atoms with Gasteiger partial charge in [-0.3, -0.25) is 4.79 Å². The molecule has 0 aliphatic heterocycles. The highest BCUT2D eigenvalue weighted by atomic mass is 35.5. The zero-order valence-corrected chi connectivity index (χ0v) is 12.8. The SMILES string of the molecule is CN(C)S(=O)(=O)CCNc1cnn(CCO)c(=O)c1Cl. The van der Waals surface area contributed by atoms with Gasteiger partial charge in [0.05, 0.1) is 30.8 Å². The number of hydrogen-bond acceptors (Lipinski definition) is 6. The van der Waals surface area contributed by atoms with Gasteiger partial charge in [-0.1, -0.05) is 11.6 Å². The summed E-state index contributed by atoms with van der Waals surface area (Å²) in [5.41, 5.74) is -0.277. The van der Waals surface area contributed by atoms with Gasteiger partial charge in [0.1, 0.15) is 5.02 Å². The van der Waals surface area contributed by atoms with E-state index in [1.54, 1.807) is 0 Å². The van der Waals surface area contributed by atoms with E-state index in [0.29, 0.717) is 0 Å². The van der Waals surface area contributed by atoms with Crippen molar-refractivity contribution in [2.45, 2.75) is 6.54 Å². The number of aliphatic hydroxyl groups excluding tert-OH is 1. The molecule has 10 heteroatoms.